The molecule has 21 heavy (non-hydrogen) atoms. The van der Waals surface area contributed by atoms with Gasteiger partial charge in [-0.05, 0) is 31.9 Å². The van der Waals surface area contributed by atoms with Crippen LogP contribution < -0.4 is 16.6 Å². The number of hydrogen-bond acceptors (Lipinski definition) is 4. The summed E-state index contributed by atoms with van der Waals surface area (Å²) in [5.74, 6) is -0.117. The molecule has 0 saturated carbocycles. The van der Waals surface area contributed by atoms with Gasteiger partial charge in [0.2, 0.25) is 10.9 Å². The zero-order valence-corrected chi connectivity index (χ0v) is 11.8. The number of benzene rings is 1. The summed E-state index contributed by atoms with van der Waals surface area (Å²) in [6.07, 6.45) is 1.48. The van der Waals surface area contributed by atoms with E-state index in [4.69, 9.17) is 5.73 Å². The van der Waals surface area contributed by atoms with Crippen molar-refractivity contribution in [3.05, 3.63) is 61.4 Å². The van der Waals surface area contributed by atoms with Crippen molar-refractivity contribution in [3.63, 3.8) is 0 Å². The maximum atomic E-state index is 12.6. The lowest BCUT2D eigenvalue weighted by Gasteiger charge is -2.26. The number of carbonyl (C=O) groups is 1. The summed E-state index contributed by atoms with van der Waals surface area (Å²) >= 11 is 0. The van der Waals surface area contributed by atoms with Crippen molar-refractivity contribution in [1.29, 1.82) is 0 Å². The highest BCUT2D eigenvalue weighted by Gasteiger charge is 2.36. The Morgan fingerprint density at radius 2 is 2.05 bits per heavy atom. The van der Waals surface area contributed by atoms with Gasteiger partial charge in [-0.1, -0.05) is 17.7 Å². The molecule has 3 rings (SSSR count). The van der Waals surface area contributed by atoms with E-state index in [1.807, 2.05) is 25.1 Å². The second-order valence-electron chi connectivity index (χ2n) is 5.51. The summed E-state index contributed by atoms with van der Waals surface area (Å²) in [4.78, 5) is 37.2. The first-order valence-corrected chi connectivity index (χ1v) is 6.97. The number of nitrogen functional groups attached to an aromatic ring is 1. The lowest BCUT2D eigenvalue weighted by Crippen LogP contribution is -2.43. The Bertz CT molecular complexity index is 787. The van der Waals surface area contributed by atoms with E-state index in [1.165, 1.54) is 0 Å². The van der Waals surface area contributed by atoms with Gasteiger partial charge in [0, 0.05) is 12.1 Å². The molecule has 2 aromatic carbocycles. The van der Waals surface area contributed by atoms with E-state index in [2.05, 4.69) is 0 Å². The van der Waals surface area contributed by atoms with Crippen LogP contribution in [0.15, 0.2) is 33.9 Å². The van der Waals surface area contributed by atoms with E-state index in [0.29, 0.717) is 24.1 Å². The standard InChI is InChI=1S/C16H16N2O3/c1-9-4-2-5-10(8-9)16(21)18-7-3-6-11(18)12-13(17)15(20)14(12)19/h2,4-5,8,11H,3,6-7,17H2,1H3. The van der Waals surface area contributed by atoms with Gasteiger partial charge < -0.3 is 10.6 Å². The van der Waals surface area contributed by atoms with Crippen molar-refractivity contribution in [2.75, 3.05) is 12.3 Å². The van der Waals surface area contributed by atoms with Crippen molar-refractivity contribution >= 4 is 11.6 Å². The summed E-state index contributed by atoms with van der Waals surface area (Å²) in [6.45, 7) is 2.50. The van der Waals surface area contributed by atoms with Gasteiger partial charge in [-0.25, -0.2) is 0 Å². The van der Waals surface area contributed by atoms with E-state index >= 15 is 0 Å². The predicted molar refractivity (Wildman–Crippen MR) is 80.0 cm³/mol. The van der Waals surface area contributed by atoms with Crippen LogP contribution in [-0.2, 0) is 0 Å². The van der Waals surface area contributed by atoms with Crippen molar-refractivity contribution in [2.45, 2.75) is 25.8 Å². The molecule has 2 aromatic rings. The third-order valence-corrected chi connectivity index (χ3v) is 4.10. The minimum atomic E-state index is -0.625. The highest BCUT2D eigenvalue weighted by Crippen LogP contribution is 2.33. The lowest BCUT2D eigenvalue weighted by molar-refractivity contribution is 0.0735. The Morgan fingerprint density at radius 1 is 1.29 bits per heavy atom. The fraction of sp³-hybridized carbons (Fsp3) is 0.312. The Morgan fingerprint density at radius 3 is 2.71 bits per heavy atom. The summed E-state index contributed by atoms with van der Waals surface area (Å²) < 4.78 is 0. The second-order valence-corrected chi connectivity index (χ2v) is 5.51. The Hall–Kier alpha value is -2.43. The molecule has 0 aromatic heterocycles. The van der Waals surface area contributed by atoms with Crippen LogP contribution in [0.2, 0.25) is 0 Å². The van der Waals surface area contributed by atoms with Crippen molar-refractivity contribution in [3.8, 4) is 0 Å². The van der Waals surface area contributed by atoms with E-state index in [0.717, 1.165) is 12.0 Å². The van der Waals surface area contributed by atoms with Crippen LogP contribution in [0.25, 0.3) is 0 Å². The van der Waals surface area contributed by atoms with E-state index < -0.39 is 10.9 Å². The van der Waals surface area contributed by atoms with Crippen LogP contribution in [-0.4, -0.2) is 17.4 Å². The third kappa shape index (κ3) is 2.05. The molecular weight excluding hydrogens is 268 g/mol. The highest BCUT2D eigenvalue weighted by atomic mass is 16.2. The first kappa shape index (κ1) is 13.5. The summed E-state index contributed by atoms with van der Waals surface area (Å²) in [5.41, 5.74) is 6.41. The number of anilines is 1. The van der Waals surface area contributed by atoms with Crippen LogP contribution in [0.4, 0.5) is 5.69 Å². The van der Waals surface area contributed by atoms with Crippen LogP contribution in [0, 0.1) is 6.92 Å². The molecule has 1 saturated heterocycles. The van der Waals surface area contributed by atoms with Crippen LogP contribution in [0.5, 0.6) is 0 Å². The van der Waals surface area contributed by atoms with Crippen molar-refractivity contribution in [1.82, 2.24) is 4.90 Å². The predicted octanol–water partition coefficient (Wildman–Crippen LogP) is 1.15. The molecule has 1 aliphatic rings. The zero-order chi connectivity index (χ0) is 15.1. The Labute approximate surface area is 121 Å². The number of aryl methyl sites for hydroxylation is 1. The quantitative estimate of drug-likeness (QED) is 0.839. The van der Waals surface area contributed by atoms with Crippen molar-refractivity contribution in [2.24, 2.45) is 0 Å². The molecular formula is C16H16N2O3. The SMILES string of the molecule is Cc1cccc(C(=O)N2CCCC2c2c(N)c(=O)c2=O)c1. The number of carbonyl (C=O) groups excluding carboxylic acids is 1. The molecule has 1 aliphatic heterocycles. The van der Waals surface area contributed by atoms with E-state index in [1.54, 1.807) is 11.0 Å². The number of amides is 1. The molecule has 2 N–H and O–H groups in total. The normalized spacial score (nSPS) is 18.3. The average molecular weight is 284 g/mol. The lowest BCUT2D eigenvalue weighted by atomic mass is 9.97. The monoisotopic (exact) mass is 284 g/mol. The molecule has 1 atom stereocenters. The van der Waals surface area contributed by atoms with Crippen LogP contribution >= 0.6 is 0 Å². The molecule has 0 radical (unpaired) electrons. The Balaban J connectivity index is 1.93. The van der Waals surface area contributed by atoms with Gasteiger partial charge in [0.15, 0.2) is 0 Å². The highest BCUT2D eigenvalue weighted by molar-refractivity contribution is 5.95. The molecule has 0 spiro atoms. The van der Waals surface area contributed by atoms with Gasteiger partial charge in [-0.3, -0.25) is 14.4 Å². The molecule has 5 nitrogen and oxygen atoms in total. The molecule has 108 valence electrons. The maximum Gasteiger partial charge on any atom is 0.254 e. The number of rotatable bonds is 2. The fourth-order valence-electron chi connectivity index (χ4n) is 3.01. The van der Waals surface area contributed by atoms with E-state index in [9.17, 15) is 14.4 Å². The first-order chi connectivity index (χ1) is 10.0. The maximum absolute atomic E-state index is 12.6. The summed E-state index contributed by atoms with van der Waals surface area (Å²) in [5, 5.41) is 0. The molecule has 1 amide bonds. The molecule has 0 bridgehead atoms. The molecule has 5 heteroatoms. The first-order valence-electron chi connectivity index (χ1n) is 6.97. The topological polar surface area (TPSA) is 80.5 Å². The van der Waals surface area contributed by atoms with Gasteiger partial charge in [-0.2, -0.15) is 0 Å². The third-order valence-electron chi connectivity index (χ3n) is 4.10. The fourth-order valence-corrected chi connectivity index (χ4v) is 3.01. The molecule has 1 fully saturated rings. The minimum Gasteiger partial charge on any atom is -0.395 e. The number of nitrogens with two attached hydrogens (primary N) is 1. The molecule has 1 heterocycles. The van der Waals surface area contributed by atoms with Gasteiger partial charge in [0.25, 0.3) is 5.91 Å². The van der Waals surface area contributed by atoms with Gasteiger partial charge in [-0.15, -0.1) is 0 Å². The van der Waals surface area contributed by atoms with Crippen molar-refractivity contribution < 1.29 is 4.79 Å². The summed E-state index contributed by atoms with van der Waals surface area (Å²) in [6, 6.07) is 6.98. The number of hydrogen-bond donors (Lipinski definition) is 1. The molecule has 0 aliphatic carbocycles. The van der Waals surface area contributed by atoms with Gasteiger partial charge >= 0.3 is 0 Å². The van der Waals surface area contributed by atoms with Gasteiger partial charge in [0.1, 0.15) is 0 Å². The number of likely N-dealkylation sites (tertiary alicyclic amines) is 1. The zero-order valence-electron chi connectivity index (χ0n) is 11.8. The van der Waals surface area contributed by atoms with Gasteiger partial charge in [0.05, 0.1) is 17.3 Å². The largest absolute Gasteiger partial charge is 0.395 e. The smallest absolute Gasteiger partial charge is 0.254 e. The van der Waals surface area contributed by atoms with E-state index in [-0.39, 0.29) is 17.6 Å². The second kappa shape index (κ2) is 4.84. The Kier molecular flexibility index (Phi) is 3.12. The molecule has 1 unspecified atom stereocenters. The summed E-state index contributed by atoms with van der Waals surface area (Å²) in [7, 11) is 0. The van der Waals surface area contributed by atoms with Crippen LogP contribution in [0.1, 0.15) is 40.4 Å². The number of nitrogens with zero attached hydrogens (tertiary/aromatic N) is 1. The van der Waals surface area contributed by atoms with Crippen LogP contribution in [0.3, 0.4) is 0 Å². The minimum absolute atomic E-state index is 0.0222. The average Bonchev–Trinajstić information content (AvgIpc) is 2.95.